The average molecular weight is 373 g/mol. The van der Waals surface area contributed by atoms with Crippen molar-refractivity contribution >= 4 is 27.5 Å². The van der Waals surface area contributed by atoms with E-state index in [0.717, 1.165) is 28.9 Å². The second kappa shape index (κ2) is 7.45. The minimum atomic E-state index is -0.557. The predicted molar refractivity (Wildman–Crippen MR) is 88.5 cm³/mol. The van der Waals surface area contributed by atoms with E-state index in [9.17, 15) is 5.11 Å². The van der Waals surface area contributed by atoms with E-state index in [0.29, 0.717) is 11.4 Å². The molecule has 0 aliphatic heterocycles. The molecule has 1 N–H and O–H groups in total. The van der Waals surface area contributed by atoms with E-state index < -0.39 is 6.10 Å². The third-order valence-corrected chi connectivity index (χ3v) is 4.33. The van der Waals surface area contributed by atoms with E-state index >= 15 is 0 Å². The minimum Gasteiger partial charge on any atom is -0.469 e. The fourth-order valence-electron chi connectivity index (χ4n) is 2.22. The number of hydrogen-bond acceptors (Lipinski definition) is 3. The van der Waals surface area contributed by atoms with Gasteiger partial charge in [-0.2, -0.15) is 0 Å². The van der Waals surface area contributed by atoms with Gasteiger partial charge in [-0.3, -0.25) is 0 Å². The predicted octanol–water partition coefficient (Wildman–Crippen LogP) is 4.56. The Morgan fingerprint density at radius 1 is 1.38 bits per heavy atom. The van der Waals surface area contributed by atoms with E-state index in [4.69, 9.17) is 16.0 Å². The van der Waals surface area contributed by atoms with Crippen LogP contribution >= 0.6 is 27.5 Å². The smallest absolute Gasteiger partial charge is 0.105 e. The second-order valence-electron chi connectivity index (χ2n) is 5.21. The maximum atomic E-state index is 10.3. The quantitative estimate of drug-likeness (QED) is 0.807. The van der Waals surface area contributed by atoms with Crippen LogP contribution in [0, 0.1) is 6.92 Å². The molecule has 0 fully saturated rings. The Morgan fingerprint density at radius 2 is 2.14 bits per heavy atom. The zero-order valence-corrected chi connectivity index (χ0v) is 14.5. The molecule has 0 saturated heterocycles. The minimum absolute atomic E-state index is 0.557. The maximum absolute atomic E-state index is 10.3. The van der Waals surface area contributed by atoms with Crippen LogP contribution in [-0.2, 0) is 6.54 Å². The number of halogens is 2. The highest BCUT2D eigenvalue weighted by molar-refractivity contribution is 9.10. The van der Waals surface area contributed by atoms with Gasteiger partial charge in [0.2, 0.25) is 0 Å². The number of nitrogens with zero attached hydrogens (tertiary/aromatic N) is 1. The number of aryl methyl sites for hydroxylation is 1. The molecule has 0 aliphatic carbocycles. The van der Waals surface area contributed by atoms with Gasteiger partial charge >= 0.3 is 0 Å². The summed E-state index contributed by atoms with van der Waals surface area (Å²) < 4.78 is 6.20. The average Bonchev–Trinajstić information content (AvgIpc) is 2.81. The zero-order valence-electron chi connectivity index (χ0n) is 12.1. The molecule has 0 spiro atoms. The number of rotatable bonds is 6. The molecular formula is C16H19BrClNO2. The van der Waals surface area contributed by atoms with Gasteiger partial charge in [0.25, 0.3) is 0 Å². The lowest BCUT2D eigenvalue weighted by molar-refractivity contribution is 0.147. The van der Waals surface area contributed by atoms with Crippen molar-refractivity contribution in [1.82, 2.24) is 4.90 Å². The largest absolute Gasteiger partial charge is 0.469 e. The van der Waals surface area contributed by atoms with Gasteiger partial charge in [0, 0.05) is 28.1 Å². The van der Waals surface area contributed by atoms with E-state index in [1.807, 2.05) is 32.2 Å². The third-order valence-electron chi connectivity index (χ3n) is 3.51. The molecule has 2 aromatic rings. The fourth-order valence-corrected chi connectivity index (χ4v) is 3.01. The first-order valence-corrected chi connectivity index (χ1v) is 7.99. The van der Waals surface area contributed by atoms with Gasteiger partial charge in [0.15, 0.2) is 0 Å². The number of aliphatic hydroxyl groups is 1. The van der Waals surface area contributed by atoms with Gasteiger partial charge in [0.1, 0.15) is 5.76 Å². The maximum Gasteiger partial charge on any atom is 0.105 e. The number of benzene rings is 1. The van der Waals surface area contributed by atoms with Gasteiger partial charge < -0.3 is 14.4 Å². The molecule has 0 amide bonds. The summed E-state index contributed by atoms with van der Waals surface area (Å²) in [4.78, 5) is 2.16. The van der Waals surface area contributed by atoms with Crippen molar-refractivity contribution in [2.75, 3.05) is 13.6 Å². The lowest BCUT2D eigenvalue weighted by Gasteiger charge is -2.19. The Bertz CT molecular complexity index is 600. The number of aliphatic hydroxyl groups excluding tert-OH is 1. The lowest BCUT2D eigenvalue weighted by Crippen LogP contribution is -2.21. The fraction of sp³-hybridized carbons (Fsp3) is 0.375. The third kappa shape index (κ3) is 4.58. The van der Waals surface area contributed by atoms with Crippen molar-refractivity contribution in [3.8, 4) is 0 Å². The highest BCUT2D eigenvalue weighted by Crippen LogP contribution is 2.28. The monoisotopic (exact) mass is 371 g/mol. The molecule has 5 heteroatoms. The summed E-state index contributed by atoms with van der Waals surface area (Å²) in [6.07, 6.45) is 1.78. The van der Waals surface area contributed by atoms with Crippen LogP contribution in [0.4, 0.5) is 0 Å². The van der Waals surface area contributed by atoms with Crippen LogP contribution in [-0.4, -0.2) is 23.6 Å². The molecule has 0 aliphatic rings. The molecule has 0 bridgehead atoms. The summed E-state index contributed by atoms with van der Waals surface area (Å²) in [5, 5.41) is 10.9. The Labute approximate surface area is 138 Å². The van der Waals surface area contributed by atoms with Crippen LogP contribution in [0.15, 0.2) is 39.4 Å². The molecule has 1 heterocycles. The molecule has 3 nitrogen and oxygen atoms in total. The van der Waals surface area contributed by atoms with Gasteiger partial charge in [0.05, 0.1) is 12.4 Å². The van der Waals surface area contributed by atoms with Crippen molar-refractivity contribution in [3.05, 3.63) is 56.9 Å². The van der Waals surface area contributed by atoms with Crippen molar-refractivity contribution in [1.29, 1.82) is 0 Å². The van der Waals surface area contributed by atoms with Crippen LogP contribution < -0.4 is 0 Å². The molecule has 1 aromatic carbocycles. The molecule has 1 unspecified atom stereocenters. The first-order valence-electron chi connectivity index (χ1n) is 6.82. The molecule has 0 saturated carbocycles. The van der Waals surface area contributed by atoms with Gasteiger partial charge in [-0.15, -0.1) is 0 Å². The number of furan rings is 1. The van der Waals surface area contributed by atoms with Gasteiger partial charge in [-0.25, -0.2) is 0 Å². The van der Waals surface area contributed by atoms with Crippen molar-refractivity contribution in [2.24, 2.45) is 0 Å². The molecule has 114 valence electrons. The Hall–Kier alpha value is -0.810. The van der Waals surface area contributed by atoms with E-state index in [1.54, 1.807) is 12.3 Å². The Morgan fingerprint density at radius 3 is 2.76 bits per heavy atom. The van der Waals surface area contributed by atoms with Gasteiger partial charge in [-0.05, 0) is 44.2 Å². The summed E-state index contributed by atoms with van der Waals surface area (Å²) in [6.45, 7) is 3.54. The summed E-state index contributed by atoms with van der Waals surface area (Å²) in [6, 6.07) is 7.53. The van der Waals surface area contributed by atoms with E-state index in [1.165, 1.54) is 5.56 Å². The molecule has 0 radical (unpaired) electrons. The molecule has 21 heavy (non-hydrogen) atoms. The summed E-state index contributed by atoms with van der Waals surface area (Å²) >= 11 is 9.52. The molecule has 1 atom stereocenters. The Kier molecular flexibility index (Phi) is 5.88. The molecule has 1 aromatic heterocycles. The van der Waals surface area contributed by atoms with Crippen molar-refractivity contribution in [3.63, 3.8) is 0 Å². The van der Waals surface area contributed by atoms with Gasteiger partial charge in [-0.1, -0.05) is 33.6 Å². The highest BCUT2D eigenvalue weighted by atomic mass is 79.9. The molecular weight excluding hydrogens is 354 g/mol. The SMILES string of the molecule is Cc1occc1CN(C)CCC(O)c1ccc(Br)cc1Cl. The van der Waals surface area contributed by atoms with Crippen molar-refractivity contribution < 1.29 is 9.52 Å². The van der Waals surface area contributed by atoms with Crippen LogP contribution in [0.3, 0.4) is 0 Å². The zero-order chi connectivity index (χ0) is 15.4. The summed E-state index contributed by atoms with van der Waals surface area (Å²) in [5.74, 6) is 0.943. The normalized spacial score (nSPS) is 12.9. The molecule has 2 rings (SSSR count). The van der Waals surface area contributed by atoms with Crippen LogP contribution in [0.25, 0.3) is 0 Å². The van der Waals surface area contributed by atoms with E-state index in [-0.39, 0.29) is 0 Å². The Balaban J connectivity index is 1.88. The lowest BCUT2D eigenvalue weighted by atomic mass is 10.1. The first-order chi connectivity index (χ1) is 9.97. The topological polar surface area (TPSA) is 36.6 Å². The number of hydrogen-bond donors (Lipinski definition) is 1. The second-order valence-corrected chi connectivity index (χ2v) is 6.53. The summed E-state index contributed by atoms with van der Waals surface area (Å²) in [7, 11) is 2.03. The van der Waals surface area contributed by atoms with Crippen LogP contribution in [0.5, 0.6) is 0 Å². The van der Waals surface area contributed by atoms with Crippen LogP contribution in [0.1, 0.15) is 29.4 Å². The summed E-state index contributed by atoms with van der Waals surface area (Å²) in [5.41, 5.74) is 1.95. The highest BCUT2D eigenvalue weighted by Gasteiger charge is 2.13. The van der Waals surface area contributed by atoms with Crippen LogP contribution in [0.2, 0.25) is 5.02 Å². The first kappa shape index (κ1) is 16.6. The standard InChI is InChI=1S/C16H19BrClNO2/c1-11-12(6-8-21-11)10-19(2)7-5-16(20)14-4-3-13(17)9-15(14)18/h3-4,6,8-9,16,20H,5,7,10H2,1-2H3. The van der Waals surface area contributed by atoms with Crippen molar-refractivity contribution in [2.45, 2.75) is 26.0 Å². The van der Waals surface area contributed by atoms with E-state index in [2.05, 4.69) is 20.8 Å².